The fourth-order valence-electron chi connectivity index (χ4n) is 6.14. The molecule has 9 heteroatoms. The number of aliphatic hydroxyl groups is 1. The molecule has 0 saturated heterocycles. The second kappa shape index (κ2) is 35.7. The summed E-state index contributed by atoms with van der Waals surface area (Å²) in [5.74, 6) is -0.179. The summed E-state index contributed by atoms with van der Waals surface area (Å²) in [6, 6.07) is -0.842. The smallest absolute Gasteiger partial charge is 0.387 e. The Morgan fingerprint density at radius 3 is 1.54 bits per heavy atom. The molecule has 0 rings (SSSR count). The number of amides is 1. The first-order valence-corrected chi connectivity index (χ1v) is 23.2. The van der Waals surface area contributed by atoms with Crippen molar-refractivity contribution >= 4 is 13.7 Å². The molecule has 0 aromatic carbocycles. The van der Waals surface area contributed by atoms with Crippen molar-refractivity contribution in [3.05, 3.63) is 24.3 Å². The highest BCUT2D eigenvalue weighted by Crippen LogP contribution is 2.43. The molecule has 52 heavy (non-hydrogen) atoms. The third-order valence-electron chi connectivity index (χ3n) is 9.67. The summed E-state index contributed by atoms with van der Waals surface area (Å²) in [6.45, 7) is 4.78. The Morgan fingerprint density at radius 2 is 1.06 bits per heavy atom. The first kappa shape index (κ1) is 51.0. The first-order chi connectivity index (χ1) is 25.0. The van der Waals surface area contributed by atoms with Gasteiger partial charge >= 0.3 is 7.82 Å². The number of nitrogens with zero attached hydrogens (tertiary/aromatic N) is 1. The summed E-state index contributed by atoms with van der Waals surface area (Å²) >= 11 is 0. The van der Waals surface area contributed by atoms with E-state index in [-0.39, 0.29) is 19.1 Å². The summed E-state index contributed by atoms with van der Waals surface area (Å²) in [7, 11) is 1.57. The van der Waals surface area contributed by atoms with Gasteiger partial charge in [-0.15, -0.1) is 0 Å². The fourth-order valence-corrected chi connectivity index (χ4v) is 6.87. The zero-order valence-corrected chi connectivity index (χ0v) is 35.7. The van der Waals surface area contributed by atoms with Gasteiger partial charge in [0.05, 0.1) is 39.9 Å². The van der Waals surface area contributed by atoms with E-state index >= 15 is 0 Å². The Bertz CT molecular complexity index is 907. The number of nitrogens with one attached hydrogen (secondary N) is 1. The summed E-state index contributed by atoms with van der Waals surface area (Å²) in [4.78, 5) is 23.1. The summed E-state index contributed by atoms with van der Waals surface area (Å²) in [6.07, 6.45) is 40.9. The fraction of sp³-hybridized carbons (Fsp3) is 0.884. The van der Waals surface area contributed by atoms with Gasteiger partial charge in [-0.3, -0.25) is 13.8 Å². The Balaban J connectivity index is 4.41. The molecule has 0 saturated carbocycles. The topological polar surface area (TPSA) is 105 Å². The molecule has 3 N–H and O–H groups in total. The third kappa shape index (κ3) is 37.3. The van der Waals surface area contributed by atoms with Crippen molar-refractivity contribution in [3.8, 4) is 0 Å². The lowest BCUT2D eigenvalue weighted by Gasteiger charge is -2.25. The number of carbonyl (C=O) groups is 1. The monoisotopic (exact) mass is 758 g/mol. The van der Waals surface area contributed by atoms with Gasteiger partial charge in [0.2, 0.25) is 5.91 Å². The van der Waals surface area contributed by atoms with Crippen LogP contribution in [0.5, 0.6) is 0 Å². The molecule has 0 bridgehead atoms. The zero-order valence-electron chi connectivity index (χ0n) is 34.8. The molecule has 1 unspecified atom stereocenters. The van der Waals surface area contributed by atoms with Crippen LogP contribution >= 0.6 is 7.82 Å². The van der Waals surface area contributed by atoms with Crippen molar-refractivity contribution in [2.75, 3.05) is 40.9 Å². The van der Waals surface area contributed by atoms with Gasteiger partial charge in [0.1, 0.15) is 13.2 Å². The van der Waals surface area contributed by atoms with E-state index in [4.69, 9.17) is 9.05 Å². The van der Waals surface area contributed by atoms with E-state index < -0.39 is 20.0 Å². The van der Waals surface area contributed by atoms with Crippen molar-refractivity contribution in [1.29, 1.82) is 0 Å². The molecular weight excluding hydrogens is 671 g/mol. The highest BCUT2D eigenvalue weighted by atomic mass is 31.2. The van der Waals surface area contributed by atoms with Gasteiger partial charge < -0.3 is 19.8 Å². The molecule has 0 fully saturated rings. The number of phosphoric acid groups is 1. The van der Waals surface area contributed by atoms with E-state index in [1.165, 1.54) is 135 Å². The van der Waals surface area contributed by atoms with Crippen molar-refractivity contribution in [3.63, 3.8) is 0 Å². The minimum absolute atomic E-state index is 0.0625. The predicted octanol–water partition coefficient (Wildman–Crippen LogP) is 11.7. The minimum atomic E-state index is -4.33. The van der Waals surface area contributed by atoms with E-state index in [1.54, 1.807) is 6.08 Å². The van der Waals surface area contributed by atoms with Gasteiger partial charge in [-0.1, -0.05) is 173 Å². The molecule has 1 amide bonds. The van der Waals surface area contributed by atoms with Crippen LogP contribution in [0.3, 0.4) is 0 Å². The van der Waals surface area contributed by atoms with Gasteiger partial charge in [0.25, 0.3) is 0 Å². The normalized spacial score (nSPS) is 14.7. The molecule has 308 valence electrons. The molecule has 0 aromatic rings. The average Bonchev–Trinajstić information content (AvgIpc) is 3.09. The van der Waals surface area contributed by atoms with Crippen LogP contribution in [-0.2, 0) is 18.4 Å². The number of aliphatic hydroxyl groups excluding tert-OH is 1. The van der Waals surface area contributed by atoms with Crippen LogP contribution in [0.2, 0.25) is 0 Å². The van der Waals surface area contributed by atoms with Gasteiger partial charge in [0, 0.05) is 6.42 Å². The number of likely N-dealkylation sites (N-methyl/N-ethyl adjacent to an activating group) is 1. The van der Waals surface area contributed by atoms with Crippen LogP contribution in [0.25, 0.3) is 0 Å². The maximum atomic E-state index is 12.8. The molecule has 0 heterocycles. The van der Waals surface area contributed by atoms with E-state index in [1.807, 2.05) is 27.2 Å². The van der Waals surface area contributed by atoms with Crippen LogP contribution < -0.4 is 5.32 Å². The number of hydrogen-bond donors (Lipinski definition) is 3. The van der Waals surface area contributed by atoms with Crippen LogP contribution in [0.4, 0.5) is 0 Å². The SMILES string of the molecule is CCCC/C=C/CCCCCCCCCCCCCC(=O)N[C@@H](COP(=O)(O)OCC[N+](C)(C)C)[C@H](O)/C=C/CCCCCCCCCCCCC. The highest BCUT2D eigenvalue weighted by molar-refractivity contribution is 7.47. The zero-order chi connectivity index (χ0) is 38.6. The summed E-state index contributed by atoms with van der Waals surface area (Å²) in [5, 5.41) is 13.8. The maximum Gasteiger partial charge on any atom is 0.472 e. The molecule has 0 aliphatic heterocycles. The lowest BCUT2D eigenvalue weighted by atomic mass is 10.0. The third-order valence-corrected chi connectivity index (χ3v) is 10.6. The standard InChI is InChI=1S/C43H85N2O6P/c1-6-8-10-12-14-16-18-20-21-22-23-25-27-29-31-33-35-37-43(47)44-41(40-51-52(48,49)50-39-38-45(3,4)5)42(46)36-34-32-30-28-26-24-19-17-15-13-11-9-7-2/h12,14,34,36,41-42,46H,6-11,13,15-33,35,37-40H2,1-5H3,(H-,44,47,48,49)/p+1/b14-12+,36-34+/t41-,42+/m0/s1. The molecule has 0 aliphatic carbocycles. The Morgan fingerprint density at radius 1 is 0.635 bits per heavy atom. The number of allylic oxidation sites excluding steroid dienone is 3. The van der Waals surface area contributed by atoms with Gasteiger partial charge in [0.15, 0.2) is 0 Å². The molecule has 3 atom stereocenters. The van der Waals surface area contributed by atoms with Crippen LogP contribution in [0.1, 0.15) is 194 Å². The number of quaternary nitrogens is 1. The Kier molecular flexibility index (Phi) is 35.0. The number of carbonyl (C=O) groups excluding carboxylic acids is 1. The largest absolute Gasteiger partial charge is 0.472 e. The van der Waals surface area contributed by atoms with Crippen molar-refractivity contribution in [1.82, 2.24) is 5.32 Å². The lowest BCUT2D eigenvalue weighted by Crippen LogP contribution is -2.45. The van der Waals surface area contributed by atoms with Gasteiger partial charge in [-0.05, 0) is 38.5 Å². The molecule has 0 aromatic heterocycles. The Labute approximate surface area is 322 Å². The van der Waals surface area contributed by atoms with Crippen molar-refractivity contribution < 1.29 is 32.9 Å². The predicted molar refractivity (Wildman–Crippen MR) is 221 cm³/mol. The van der Waals surface area contributed by atoms with Gasteiger partial charge in [-0.2, -0.15) is 0 Å². The first-order valence-electron chi connectivity index (χ1n) is 21.7. The van der Waals surface area contributed by atoms with Crippen molar-refractivity contribution in [2.24, 2.45) is 0 Å². The quantitative estimate of drug-likeness (QED) is 0.0250. The second-order valence-electron chi connectivity index (χ2n) is 16.1. The van der Waals surface area contributed by atoms with Gasteiger partial charge in [-0.25, -0.2) is 4.57 Å². The number of rotatable bonds is 39. The van der Waals surface area contributed by atoms with Crippen molar-refractivity contribution in [2.45, 2.75) is 206 Å². The van der Waals surface area contributed by atoms with E-state index in [9.17, 15) is 19.4 Å². The van der Waals surface area contributed by atoms with E-state index in [2.05, 4.69) is 31.3 Å². The summed E-state index contributed by atoms with van der Waals surface area (Å²) in [5.41, 5.74) is 0. The molecule has 0 spiro atoms. The van der Waals surface area contributed by atoms with E-state index in [0.717, 1.165) is 38.5 Å². The highest BCUT2D eigenvalue weighted by Gasteiger charge is 2.27. The molecule has 0 radical (unpaired) electrons. The second-order valence-corrected chi connectivity index (χ2v) is 17.5. The van der Waals surface area contributed by atoms with Crippen LogP contribution in [-0.4, -0.2) is 73.4 Å². The minimum Gasteiger partial charge on any atom is -0.387 e. The van der Waals surface area contributed by atoms with Crippen LogP contribution in [0.15, 0.2) is 24.3 Å². The van der Waals surface area contributed by atoms with Crippen LogP contribution in [0, 0.1) is 0 Å². The molecule has 8 nitrogen and oxygen atoms in total. The average molecular weight is 758 g/mol. The Hall–Kier alpha value is -1.02. The number of unbranched alkanes of at least 4 members (excludes halogenated alkanes) is 24. The summed E-state index contributed by atoms with van der Waals surface area (Å²) < 4.78 is 23.5. The number of phosphoric ester groups is 1. The number of hydrogen-bond acceptors (Lipinski definition) is 5. The van der Waals surface area contributed by atoms with E-state index in [0.29, 0.717) is 17.4 Å². The molecule has 0 aliphatic rings. The lowest BCUT2D eigenvalue weighted by molar-refractivity contribution is -0.870. The molecular formula is C43H86N2O6P+. The maximum absolute atomic E-state index is 12.8.